The van der Waals surface area contributed by atoms with E-state index < -0.39 is 17.5 Å². The van der Waals surface area contributed by atoms with Gasteiger partial charge >= 0.3 is 39.7 Å². The Morgan fingerprint density at radius 1 is 0.897 bits per heavy atom. The van der Waals surface area contributed by atoms with Crippen molar-refractivity contribution in [2.75, 3.05) is 12.3 Å². The van der Waals surface area contributed by atoms with Gasteiger partial charge in [0, 0.05) is 12.3 Å². The average molecular weight is 455 g/mol. The zero-order valence-corrected chi connectivity index (χ0v) is 22.8. The molecule has 1 aromatic carbocycles. The van der Waals surface area contributed by atoms with E-state index in [0.717, 1.165) is 51.4 Å². The van der Waals surface area contributed by atoms with Crippen molar-refractivity contribution >= 4 is 17.5 Å². The van der Waals surface area contributed by atoms with Crippen LogP contribution in [0, 0.1) is 11.8 Å². The van der Waals surface area contributed by atoms with Crippen LogP contribution < -0.4 is 29.6 Å². The summed E-state index contributed by atoms with van der Waals surface area (Å²) >= 11 is 0. The fourth-order valence-electron chi connectivity index (χ4n) is 3.57. The third kappa shape index (κ3) is 11.0. The van der Waals surface area contributed by atoms with Gasteiger partial charge in [-0.1, -0.05) is 84.4 Å². The van der Waals surface area contributed by atoms with Crippen molar-refractivity contribution in [2.24, 2.45) is 11.8 Å². The van der Waals surface area contributed by atoms with Gasteiger partial charge in [0.2, 0.25) is 7.37 Å². The molecule has 0 radical (unpaired) electrons. The molecule has 29 heavy (non-hydrogen) atoms. The summed E-state index contributed by atoms with van der Waals surface area (Å²) in [5, 5.41) is 0. The van der Waals surface area contributed by atoms with Gasteiger partial charge in [0.15, 0.2) is 0 Å². The molecule has 2 atom stereocenters. The number of hydrogen-bond donors (Lipinski definition) is 0. The Morgan fingerprint density at radius 2 is 1.34 bits per heavy atom. The van der Waals surface area contributed by atoms with E-state index >= 15 is 0 Å². The van der Waals surface area contributed by atoms with Crippen molar-refractivity contribution < 1.29 is 47.9 Å². The van der Waals surface area contributed by atoms with E-state index in [9.17, 15) is 13.0 Å². The van der Waals surface area contributed by atoms with Crippen LogP contribution in [0.1, 0.15) is 80.5 Å². The molecule has 0 aliphatic rings. The topological polar surface area (TPSA) is 60.4 Å². The van der Waals surface area contributed by atoms with Gasteiger partial charge in [0.05, 0.1) is 4.90 Å². The van der Waals surface area contributed by atoms with Crippen LogP contribution in [0.25, 0.3) is 0 Å². The van der Waals surface area contributed by atoms with E-state index in [2.05, 4.69) is 27.7 Å². The Hall–Kier alpha value is 0.360. The summed E-state index contributed by atoms with van der Waals surface area (Å²) in [6, 6.07) is 8.08. The molecule has 0 saturated heterocycles. The maximum atomic E-state index is 13.9. The largest absolute Gasteiger partial charge is 1.00 e. The molecule has 7 heteroatoms. The molecular weight excluding hydrogens is 414 g/mol. The van der Waals surface area contributed by atoms with Crippen LogP contribution in [0.4, 0.5) is 0 Å². The first-order valence-electron chi connectivity index (χ1n) is 10.9. The fraction of sp³-hybridized carbons (Fsp3) is 0.727. The number of unbranched alkanes of at least 4 members (excludes halogenated alkanes) is 2. The van der Waals surface area contributed by atoms with Gasteiger partial charge in [-0.05, 0) is 36.8 Å². The number of benzene rings is 1. The Morgan fingerprint density at radius 3 is 1.72 bits per heavy atom. The van der Waals surface area contributed by atoms with Crippen LogP contribution in [0.2, 0.25) is 0 Å². The molecule has 0 fully saturated rings. The summed E-state index contributed by atoms with van der Waals surface area (Å²) in [7, 11) is -7.35. The predicted molar refractivity (Wildman–Crippen MR) is 120 cm³/mol. The molecule has 0 aromatic heterocycles. The maximum Gasteiger partial charge on any atom is 1.00 e. The maximum absolute atomic E-state index is 13.9. The molecule has 0 heterocycles. The summed E-state index contributed by atoms with van der Waals surface area (Å²) in [6.45, 7) is 8.45. The average Bonchev–Trinajstić information content (AvgIpc) is 2.68. The zero-order chi connectivity index (χ0) is 21.0. The third-order valence-corrected chi connectivity index (χ3v) is 10.3. The van der Waals surface area contributed by atoms with Gasteiger partial charge in [0.25, 0.3) is 0 Å². The van der Waals surface area contributed by atoms with Crippen LogP contribution in [0.15, 0.2) is 35.2 Å². The minimum absolute atomic E-state index is 0. The summed E-state index contributed by atoms with van der Waals surface area (Å²) < 4.78 is 45.1. The minimum atomic E-state index is -4.03. The minimum Gasteiger partial charge on any atom is -1.00 e. The summed E-state index contributed by atoms with van der Waals surface area (Å²) in [4.78, 5) is 0.0819. The van der Waals surface area contributed by atoms with Crippen molar-refractivity contribution in [2.45, 2.75) is 84.0 Å². The Labute approximate surface area is 202 Å². The molecule has 0 amide bonds. The molecule has 0 aliphatic heterocycles. The van der Waals surface area contributed by atoms with E-state index in [1.165, 1.54) is 12.1 Å². The van der Waals surface area contributed by atoms with Crippen LogP contribution in [0.5, 0.6) is 0 Å². The van der Waals surface area contributed by atoms with E-state index in [0.29, 0.717) is 12.3 Å². The molecule has 1 rings (SSSR count). The van der Waals surface area contributed by atoms with Gasteiger partial charge in [0.1, 0.15) is 0 Å². The Bertz CT molecular complexity index is 678. The van der Waals surface area contributed by atoms with E-state index in [1.54, 1.807) is 18.2 Å². The van der Waals surface area contributed by atoms with Crippen LogP contribution in [0.3, 0.4) is 0 Å². The second-order valence-corrected chi connectivity index (χ2v) is 12.2. The fourth-order valence-corrected chi connectivity index (χ4v) is 8.92. The number of rotatable bonds is 15. The first-order valence-corrected chi connectivity index (χ1v) is 14.3. The van der Waals surface area contributed by atoms with Gasteiger partial charge < -0.3 is 1.43 Å². The van der Waals surface area contributed by atoms with Crippen molar-refractivity contribution in [1.29, 1.82) is 0 Å². The molecular formula is C22H40NaO4PS. The van der Waals surface area contributed by atoms with Crippen LogP contribution in [-0.4, -0.2) is 20.7 Å². The summed E-state index contributed by atoms with van der Waals surface area (Å²) in [5.41, 5.74) is 0. The molecule has 2 unspecified atom stereocenters. The molecule has 1 aromatic rings. The van der Waals surface area contributed by atoms with Crippen molar-refractivity contribution in [3.8, 4) is 0 Å². The molecule has 4 nitrogen and oxygen atoms in total. The van der Waals surface area contributed by atoms with Crippen molar-refractivity contribution in [3.63, 3.8) is 0 Å². The molecule has 0 spiro atoms. The summed E-state index contributed by atoms with van der Waals surface area (Å²) in [5.74, 6) is 0.473. The zero-order valence-electron chi connectivity index (χ0n) is 20.1. The van der Waals surface area contributed by atoms with Gasteiger partial charge in [-0.3, -0.25) is 4.57 Å². The van der Waals surface area contributed by atoms with Gasteiger partial charge in [-0.25, -0.2) is 3.97 Å². The van der Waals surface area contributed by atoms with Crippen LogP contribution >= 0.6 is 7.37 Å². The van der Waals surface area contributed by atoms with E-state index in [-0.39, 0.29) is 47.7 Å². The van der Waals surface area contributed by atoms with Crippen LogP contribution in [-0.2, 0) is 18.7 Å². The second kappa shape index (κ2) is 15.2. The molecule has 164 valence electrons. The van der Waals surface area contributed by atoms with E-state index in [4.69, 9.17) is 3.97 Å². The monoisotopic (exact) mass is 454 g/mol. The van der Waals surface area contributed by atoms with Gasteiger partial charge in [-0.15, -0.1) is 0 Å². The third-order valence-electron chi connectivity index (χ3n) is 5.43. The van der Waals surface area contributed by atoms with Gasteiger partial charge in [-0.2, -0.15) is 8.42 Å². The molecule has 0 saturated carbocycles. The second-order valence-electron chi connectivity index (χ2n) is 7.85. The smallest absolute Gasteiger partial charge is 1.00 e. The normalized spacial score (nSPS) is 15.9. The van der Waals surface area contributed by atoms with Crippen molar-refractivity contribution in [3.05, 3.63) is 30.3 Å². The van der Waals surface area contributed by atoms with Crippen molar-refractivity contribution in [1.82, 2.24) is 0 Å². The molecule has 0 aliphatic carbocycles. The molecule has 0 N–H and O–H groups in total. The standard InChI is InChI=1S/C22H39O4PS.Na.H/c1-5-9-14-20(7-3)18-27(23,19-21(8-4)15-10-6-2)26-28(24,25)22-16-12-11-13-17-22;;/h11-13,16-17,20-21H,5-10,14-15,18-19H2,1-4H3;;/q;+1;-1. The Kier molecular flexibility index (Phi) is 15.4. The SMILES string of the molecule is CCCCC(CC)CP(=O)(CC(CC)CCCC)OS(=O)(=O)c1ccccc1.[H-].[Na+]. The van der Waals surface area contributed by atoms with E-state index in [1.807, 2.05) is 0 Å². The first kappa shape index (κ1) is 29.4. The predicted octanol–water partition coefficient (Wildman–Crippen LogP) is 4.22. The quantitative estimate of drug-likeness (QED) is 0.294. The first-order chi connectivity index (χ1) is 13.3. The Balaban J connectivity index is 0. The molecule has 0 bridgehead atoms. The summed E-state index contributed by atoms with van der Waals surface area (Å²) in [6.07, 6.45) is 8.74. The number of hydrogen-bond acceptors (Lipinski definition) is 4.